The third-order valence-electron chi connectivity index (χ3n) is 7.07. The molecule has 3 atom stereocenters. The predicted molar refractivity (Wildman–Crippen MR) is 165 cm³/mol. The van der Waals surface area contributed by atoms with Crippen LogP contribution in [0.15, 0.2) is 78.4 Å². The number of hydrogen-bond donors (Lipinski definition) is 3. The number of aldehydes is 1. The lowest BCUT2D eigenvalue weighted by Crippen LogP contribution is -2.55. The van der Waals surface area contributed by atoms with Crippen LogP contribution in [0.4, 0.5) is 4.39 Å². The van der Waals surface area contributed by atoms with E-state index in [9.17, 15) is 29.0 Å². The highest BCUT2D eigenvalue weighted by molar-refractivity contribution is 14.1. The highest BCUT2D eigenvalue weighted by Gasteiger charge is 2.41. The second-order valence-electron chi connectivity index (χ2n) is 9.94. The van der Waals surface area contributed by atoms with Gasteiger partial charge < -0.3 is 29.9 Å². The third-order valence-corrected chi connectivity index (χ3v) is 7.87. The Balaban J connectivity index is 1.75. The minimum absolute atomic E-state index is 0.000323. The predicted octanol–water partition coefficient (Wildman–Crippen LogP) is 3.44. The average molecular weight is 703 g/mol. The lowest BCUT2D eigenvalue weighted by atomic mass is 9.87. The molecule has 0 aromatic heterocycles. The molecule has 9 nitrogen and oxygen atoms in total. The van der Waals surface area contributed by atoms with Crippen molar-refractivity contribution in [3.05, 3.63) is 104 Å². The Morgan fingerprint density at radius 2 is 1.86 bits per heavy atom. The first-order chi connectivity index (χ1) is 20.7. The van der Waals surface area contributed by atoms with E-state index in [-0.39, 0.29) is 61.1 Å². The van der Waals surface area contributed by atoms with E-state index in [0.717, 1.165) is 5.56 Å². The molecule has 2 amide bonds. The van der Waals surface area contributed by atoms with Crippen molar-refractivity contribution in [3.63, 3.8) is 0 Å². The van der Waals surface area contributed by atoms with E-state index in [2.05, 4.69) is 5.32 Å². The molecule has 1 aliphatic carbocycles. The fourth-order valence-corrected chi connectivity index (χ4v) is 5.66. The van der Waals surface area contributed by atoms with Crippen molar-refractivity contribution in [1.29, 1.82) is 0 Å². The van der Waals surface area contributed by atoms with Crippen LogP contribution < -0.4 is 14.8 Å². The van der Waals surface area contributed by atoms with E-state index in [4.69, 9.17) is 9.47 Å². The SMILES string of the molecule is COc1cc(C=O)cc(I)c1O[C@H]1C=C(C(=O)NCCO)C[C@@H](N(Cc2ccccc2F)C(=O)Cc2ccccc2)[C@@H]1O. The number of aliphatic hydroxyl groups excluding tert-OH is 2. The maximum Gasteiger partial charge on any atom is 0.247 e. The minimum Gasteiger partial charge on any atom is -0.493 e. The van der Waals surface area contributed by atoms with Crippen LogP contribution in [0.2, 0.25) is 0 Å². The molecule has 0 saturated carbocycles. The van der Waals surface area contributed by atoms with Gasteiger partial charge in [-0.1, -0.05) is 48.5 Å². The van der Waals surface area contributed by atoms with Crippen LogP contribution in [0, 0.1) is 9.39 Å². The van der Waals surface area contributed by atoms with Crippen LogP contribution >= 0.6 is 22.6 Å². The third kappa shape index (κ3) is 7.98. The van der Waals surface area contributed by atoms with E-state index < -0.39 is 30.0 Å². The number of hydrogen-bond acceptors (Lipinski definition) is 7. The van der Waals surface area contributed by atoms with E-state index in [1.165, 1.54) is 30.2 Å². The van der Waals surface area contributed by atoms with Gasteiger partial charge in [0.1, 0.15) is 24.3 Å². The molecule has 0 unspecified atom stereocenters. The summed E-state index contributed by atoms with van der Waals surface area (Å²) in [6.45, 7) is -0.439. The fourth-order valence-electron chi connectivity index (χ4n) is 4.91. The van der Waals surface area contributed by atoms with Gasteiger partial charge in [0.05, 0.1) is 29.7 Å². The number of halogens is 2. The van der Waals surface area contributed by atoms with Gasteiger partial charge in [0.2, 0.25) is 11.8 Å². The number of methoxy groups -OCH3 is 1. The van der Waals surface area contributed by atoms with Crippen molar-refractivity contribution in [2.75, 3.05) is 20.3 Å². The molecular weight excluding hydrogens is 670 g/mol. The number of carbonyl (C=O) groups excluding carboxylic acids is 3. The van der Waals surface area contributed by atoms with E-state index in [1.807, 2.05) is 28.7 Å². The molecule has 0 bridgehead atoms. The Hall–Kier alpha value is -3.81. The summed E-state index contributed by atoms with van der Waals surface area (Å²) in [5.74, 6) is -0.910. The molecule has 226 valence electrons. The summed E-state index contributed by atoms with van der Waals surface area (Å²) in [7, 11) is 1.41. The van der Waals surface area contributed by atoms with Crippen LogP contribution in [-0.4, -0.2) is 71.7 Å². The minimum atomic E-state index is -1.34. The molecule has 3 aromatic carbocycles. The van der Waals surface area contributed by atoms with Gasteiger partial charge in [-0.05, 0) is 52.4 Å². The summed E-state index contributed by atoms with van der Waals surface area (Å²) in [5.41, 5.74) is 1.56. The monoisotopic (exact) mass is 702 g/mol. The maximum absolute atomic E-state index is 14.8. The molecule has 0 radical (unpaired) electrons. The Labute approximate surface area is 262 Å². The Bertz CT molecular complexity index is 1480. The molecule has 3 N–H and O–H groups in total. The molecule has 0 spiro atoms. The summed E-state index contributed by atoms with van der Waals surface area (Å²) in [4.78, 5) is 39.8. The van der Waals surface area contributed by atoms with E-state index >= 15 is 0 Å². The topological polar surface area (TPSA) is 125 Å². The highest BCUT2D eigenvalue weighted by Crippen LogP contribution is 2.37. The van der Waals surface area contributed by atoms with E-state index in [0.29, 0.717) is 15.4 Å². The number of benzene rings is 3. The first-order valence-corrected chi connectivity index (χ1v) is 14.7. The highest BCUT2D eigenvalue weighted by atomic mass is 127. The Morgan fingerprint density at radius 1 is 1.14 bits per heavy atom. The summed E-state index contributed by atoms with van der Waals surface area (Å²) < 4.78 is 27.0. The van der Waals surface area contributed by atoms with Gasteiger partial charge in [0.15, 0.2) is 11.5 Å². The second kappa shape index (κ2) is 15.1. The van der Waals surface area contributed by atoms with Crippen LogP contribution in [-0.2, 0) is 22.6 Å². The standard InChI is InChI=1S/C32H32FIN2O7/c1-42-28-14-21(19-38)13-25(34)31(28)43-27-17-23(32(41)35-11-12-37)16-26(30(27)40)36(18-22-9-5-6-10-24(22)33)29(39)15-20-7-3-2-4-8-20/h2-10,13-14,17,19,26-27,30,37,40H,11-12,15-16,18H2,1H3,(H,35,41)/t26-,27+,30+/m1/s1. The molecular formula is C32H32FIN2O7. The zero-order valence-electron chi connectivity index (χ0n) is 23.4. The molecule has 43 heavy (non-hydrogen) atoms. The quantitative estimate of drug-likeness (QED) is 0.195. The Kier molecular flexibility index (Phi) is 11.3. The van der Waals surface area contributed by atoms with Crippen molar-refractivity contribution in [2.24, 2.45) is 0 Å². The number of nitrogens with one attached hydrogen (secondary N) is 1. The van der Waals surface area contributed by atoms with Gasteiger partial charge in [-0.2, -0.15) is 0 Å². The lowest BCUT2D eigenvalue weighted by Gasteiger charge is -2.41. The van der Waals surface area contributed by atoms with Gasteiger partial charge in [0, 0.05) is 36.2 Å². The van der Waals surface area contributed by atoms with Crippen molar-refractivity contribution in [2.45, 2.75) is 37.6 Å². The molecule has 0 heterocycles. The van der Waals surface area contributed by atoms with Crippen molar-refractivity contribution < 1.29 is 38.5 Å². The lowest BCUT2D eigenvalue weighted by molar-refractivity contribution is -0.138. The molecule has 1 aliphatic rings. The summed E-state index contributed by atoms with van der Waals surface area (Å²) in [6, 6.07) is 17.2. The number of nitrogens with zero attached hydrogens (tertiary/aromatic N) is 1. The molecule has 3 aromatic rings. The molecule has 0 aliphatic heterocycles. The molecule has 4 rings (SSSR count). The van der Waals surface area contributed by atoms with Crippen molar-refractivity contribution >= 4 is 40.7 Å². The average Bonchev–Trinajstić information content (AvgIpc) is 3.01. The van der Waals surface area contributed by atoms with E-state index in [1.54, 1.807) is 48.5 Å². The normalized spacial score (nSPS) is 17.9. The molecule has 11 heteroatoms. The summed E-state index contributed by atoms with van der Waals surface area (Å²) in [5, 5.41) is 23.6. The van der Waals surface area contributed by atoms with Crippen molar-refractivity contribution in [1.82, 2.24) is 10.2 Å². The van der Waals surface area contributed by atoms with Gasteiger partial charge in [-0.3, -0.25) is 14.4 Å². The largest absolute Gasteiger partial charge is 0.493 e. The first kappa shape index (κ1) is 32.1. The fraction of sp³-hybridized carbons (Fsp3) is 0.281. The Morgan fingerprint density at radius 3 is 2.53 bits per heavy atom. The van der Waals surface area contributed by atoms with Crippen molar-refractivity contribution in [3.8, 4) is 11.5 Å². The van der Waals surface area contributed by atoms with Crippen LogP contribution in [0.25, 0.3) is 0 Å². The van der Waals surface area contributed by atoms with Crippen LogP contribution in [0.5, 0.6) is 11.5 Å². The second-order valence-corrected chi connectivity index (χ2v) is 11.1. The van der Waals surface area contributed by atoms with Gasteiger partial charge in [-0.15, -0.1) is 0 Å². The molecule has 0 fully saturated rings. The van der Waals surface area contributed by atoms with Gasteiger partial charge in [-0.25, -0.2) is 4.39 Å². The van der Waals surface area contributed by atoms with Gasteiger partial charge in [0.25, 0.3) is 0 Å². The summed E-state index contributed by atoms with van der Waals surface area (Å²) >= 11 is 1.98. The number of carbonyl (C=O) groups is 3. The smallest absolute Gasteiger partial charge is 0.247 e. The summed E-state index contributed by atoms with van der Waals surface area (Å²) in [6.07, 6.45) is -0.398. The molecule has 0 saturated heterocycles. The zero-order valence-corrected chi connectivity index (χ0v) is 25.6. The number of ether oxygens (including phenoxy) is 2. The van der Waals surface area contributed by atoms with Gasteiger partial charge >= 0.3 is 0 Å². The number of aliphatic hydroxyl groups is 2. The van der Waals surface area contributed by atoms with Crippen LogP contribution in [0.1, 0.15) is 27.9 Å². The number of rotatable bonds is 12. The zero-order chi connectivity index (χ0) is 30.9. The maximum atomic E-state index is 14.8. The number of amides is 2. The van der Waals surface area contributed by atoms with Crippen LogP contribution in [0.3, 0.4) is 0 Å². The first-order valence-electron chi connectivity index (χ1n) is 13.6.